The fourth-order valence-corrected chi connectivity index (χ4v) is 7.56. The largest absolute Gasteiger partial charge is 0.481 e. The van der Waals surface area contributed by atoms with Crippen LogP contribution in [0.4, 0.5) is 0 Å². The Bertz CT molecular complexity index is 1260. The summed E-state index contributed by atoms with van der Waals surface area (Å²) in [4.78, 5) is 40.8. The number of Topliss-reactive ketones (excluding diaryl/α,β-unsaturated/α-hetero) is 1. The molecule has 7 nitrogen and oxygen atoms in total. The number of halogens is 2. The fraction of sp³-hybridized carbons (Fsp3) is 0.586. The standard InChI is InChI=1S/C29H35Cl2N3O4/c1-16-19(14-32-34(16)17-8-10-29(4,11-9-17)27(37)38)26(36)33(18-12-20-21(13-18)28(20,2)3)15-24(35)25-22(30)6-5-7-23(25)31/h5-7,14,17-18,20-21H,8-13,15H2,1-4H3,(H,37,38)/t17?,18-,20+,21-,29?. The van der Waals surface area contributed by atoms with Gasteiger partial charge in [-0.25, -0.2) is 0 Å². The Morgan fingerprint density at radius 2 is 1.66 bits per heavy atom. The van der Waals surface area contributed by atoms with E-state index in [4.69, 9.17) is 23.2 Å². The van der Waals surface area contributed by atoms with Gasteiger partial charge in [-0.1, -0.05) is 43.1 Å². The van der Waals surface area contributed by atoms with Gasteiger partial charge >= 0.3 is 5.97 Å². The van der Waals surface area contributed by atoms with Crippen molar-refractivity contribution in [3.63, 3.8) is 0 Å². The van der Waals surface area contributed by atoms with Crippen molar-refractivity contribution in [3.8, 4) is 0 Å². The van der Waals surface area contributed by atoms with Gasteiger partial charge in [0.25, 0.3) is 5.91 Å². The summed E-state index contributed by atoms with van der Waals surface area (Å²) >= 11 is 12.7. The third kappa shape index (κ3) is 4.56. The molecule has 3 aliphatic rings. The van der Waals surface area contributed by atoms with Gasteiger partial charge in [0, 0.05) is 11.7 Å². The van der Waals surface area contributed by atoms with Crippen LogP contribution >= 0.6 is 23.2 Å². The molecule has 0 unspecified atom stereocenters. The van der Waals surface area contributed by atoms with Crippen molar-refractivity contribution >= 4 is 40.9 Å². The molecule has 9 heteroatoms. The Balaban J connectivity index is 1.39. The smallest absolute Gasteiger partial charge is 0.309 e. The molecule has 1 heterocycles. The van der Waals surface area contributed by atoms with Crippen molar-refractivity contribution in [3.05, 3.63) is 51.3 Å². The number of hydrogen-bond donors (Lipinski definition) is 1. The van der Waals surface area contributed by atoms with E-state index in [1.165, 1.54) is 0 Å². The summed E-state index contributed by atoms with van der Waals surface area (Å²) in [6.07, 6.45) is 5.85. The number of amides is 1. The van der Waals surface area contributed by atoms with Gasteiger partial charge in [0.1, 0.15) is 0 Å². The highest BCUT2D eigenvalue weighted by Gasteiger charge is 2.63. The summed E-state index contributed by atoms with van der Waals surface area (Å²) in [5.41, 5.74) is 1.04. The van der Waals surface area contributed by atoms with E-state index in [9.17, 15) is 19.5 Å². The van der Waals surface area contributed by atoms with Crippen LogP contribution in [0.2, 0.25) is 10.0 Å². The van der Waals surface area contributed by atoms with E-state index >= 15 is 0 Å². The van der Waals surface area contributed by atoms with Gasteiger partial charge in [0.2, 0.25) is 0 Å². The summed E-state index contributed by atoms with van der Waals surface area (Å²) < 4.78 is 1.87. The molecule has 5 rings (SSSR count). The summed E-state index contributed by atoms with van der Waals surface area (Å²) in [6.45, 7) is 8.12. The minimum absolute atomic E-state index is 0.0376. The van der Waals surface area contributed by atoms with Crippen LogP contribution in [0.3, 0.4) is 0 Å². The summed E-state index contributed by atoms with van der Waals surface area (Å²) in [5.74, 6) is -0.145. The number of nitrogens with zero attached hydrogens (tertiary/aromatic N) is 3. The van der Waals surface area contributed by atoms with E-state index in [0.717, 1.165) is 18.5 Å². The molecule has 2 aromatic rings. The Kier molecular flexibility index (Phi) is 6.92. The number of aromatic nitrogens is 2. The molecule has 1 amide bonds. The number of aliphatic carboxylic acids is 1. The molecule has 0 spiro atoms. The number of hydrogen-bond acceptors (Lipinski definition) is 4. The molecule has 0 radical (unpaired) electrons. The molecular weight excluding hydrogens is 525 g/mol. The normalized spacial score (nSPS) is 29.5. The summed E-state index contributed by atoms with van der Waals surface area (Å²) in [7, 11) is 0. The predicted molar refractivity (Wildman–Crippen MR) is 146 cm³/mol. The summed E-state index contributed by atoms with van der Waals surface area (Å²) in [5, 5.41) is 14.7. The predicted octanol–water partition coefficient (Wildman–Crippen LogP) is 6.46. The molecule has 38 heavy (non-hydrogen) atoms. The quantitative estimate of drug-likeness (QED) is 0.392. The first kappa shape index (κ1) is 27.2. The van der Waals surface area contributed by atoms with Crippen molar-refractivity contribution in [2.24, 2.45) is 22.7 Å². The Labute approximate surface area is 233 Å². The molecular formula is C29H35Cl2N3O4. The van der Waals surface area contributed by atoms with Crippen LogP contribution in [0.1, 0.15) is 91.7 Å². The average Bonchev–Trinajstić information content (AvgIpc) is 3.24. The highest BCUT2D eigenvalue weighted by molar-refractivity contribution is 6.40. The number of carboxylic acids is 1. The SMILES string of the molecule is Cc1c(C(=O)N(CC(=O)c2c(Cl)cccc2Cl)[C@H]2C[C@@H]3[C@H](C2)C3(C)C)cnn1C1CCC(C)(C(=O)O)CC1. The van der Waals surface area contributed by atoms with E-state index in [1.54, 1.807) is 36.2 Å². The molecule has 1 N–H and O–H groups in total. The van der Waals surface area contributed by atoms with E-state index in [-0.39, 0.29) is 51.3 Å². The number of ketones is 1. The molecule has 3 saturated carbocycles. The molecule has 1 aromatic heterocycles. The maximum absolute atomic E-state index is 14.0. The van der Waals surface area contributed by atoms with E-state index < -0.39 is 11.4 Å². The number of fused-ring (bicyclic) bond motifs is 1. The zero-order valence-electron chi connectivity index (χ0n) is 22.3. The lowest BCUT2D eigenvalue weighted by atomic mass is 9.74. The van der Waals surface area contributed by atoms with Crippen LogP contribution in [0.25, 0.3) is 0 Å². The maximum Gasteiger partial charge on any atom is 0.309 e. The molecule has 3 aliphatic carbocycles. The average molecular weight is 561 g/mol. The van der Waals surface area contributed by atoms with Crippen molar-refractivity contribution in [1.29, 1.82) is 0 Å². The number of carbonyl (C=O) groups excluding carboxylic acids is 2. The van der Waals surface area contributed by atoms with Crippen molar-refractivity contribution in [2.45, 2.75) is 78.3 Å². The van der Waals surface area contributed by atoms with E-state index in [0.29, 0.717) is 43.1 Å². The molecule has 1 aromatic carbocycles. The van der Waals surface area contributed by atoms with Crippen LogP contribution in [0.15, 0.2) is 24.4 Å². The van der Waals surface area contributed by atoms with Crippen molar-refractivity contribution < 1.29 is 19.5 Å². The van der Waals surface area contributed by atoms with Crippen LogP contribution in [-0.2, 0) is 4.79 Å². The molecule has 0 saturated heterocycles. The highest BCUT2D eigenvalue weighted by atomic mass is 35.5. The lowest BCUT2D eigenvalue weighted by molar-refractivity contribution is -0.150. The number of benzene rings is 1. The number of carbonyl (C=O) groups is 3. The van der Waals surface area contributed by atoms with Crippen molar-refractivity contribution in [1.82, 2.24) is 14.7 Å². The highest BCUT2D eigenvalue weighted by Crippen LogP contribution is 2.67. The van der Waals surface area contributed by atoms with Crippen LogP contribution < -0.4 is 0 Å². The number of rotatable bonds is 7. The molecule has 204 valence electrons. The van der Waals surface area contributed by atoms with Gasteiger partial charge in [-0.15, -0.1) is 0 Å². The van der Waals surface area contributed by atoms with E-state index in [1.807, 2.05) is 11.6 Å². The minimum atomic E-state index is -0.763. The molecule has 3 fully saturated rings. The van der Waals surface area contributed by atoms with Crippen LogP contribution in [0, 0.1) is 29.6 Å². The molecule has 3 atom stereocenters. The third-order valence-electron chi connectivity index (χ3n) is 9.79. The Morgan fingerprint density at radius 3 is 2.21 bits per heavy atom. The Morgan fingerprint density at radius 1 is 1.08 bits per heavy atom. The minimum Gasteiger partial charge on any atom is -0.481 e. The van der Waals surface area contributed by atoms with Crippen molar-refractivity contribution in [2.75, 3.05) is 6.54 Å². The monoisotopic (exact) mass is 559 g/mol. The van der Waals surface area contributed by atoms with Gasteiger partial charge in [-0.2, -0.15) is 5.10 Å². The van der Waals surface area contributed by atoms with Gasteiger partial charge in [0.15, 0.2) is 5.78 Å². The van der Waals surface area contributed by atoms with Gasteiger partial charge < -0.3 is 10.0 Å². The zero-order chi connectivity index (χ0) is 27.6. The second-order valence-electron chi connectivity index (χ2n) is 12.3. The Hall–Kier alpha value is -2.38. The second-order valence-corrected chi connectivity index (χ2v) is 13.1. The van der Waals surface area contributed by atoms with Crippen LogP contribution in [-0.4, -0.2) is 50.0 Å². The summed E-state index contributed by atoms with van der Waals surface area (Å²) in [6, 6.07) is 4.96. The van der Waals surface area contributed by atoms with Gasteiger partial charge in [0.05, 0.1) is 45.4 Å². The first-order valence-electron chi connectivity index (χ1n) is 13.4. The molecule has 0 bridgehead atoms. The second kappa shape index (κ2) is 9.67. The topological polar surface area (TPSA) is 92.5 Å². The van der Waals surface area contributed by atoms with Crippen LogP contribution in [0.5, 0.6) is 0 Å². The maximum atomic E-state index is 14.0. The third-order valence-corrected chi connectivity index (χ3v) is 10.4. The first-order chi connectivity index (χ1) is 17.8. The van der Waals surface area contributed by atoms with E-state index in [2.05, 4.69) is 18.9 Å². The number of carboxylic acid groups (broad SMARTS) is 1. The van der Waals surface area contributed by atoms with Gasteiger partial charge in [-0.05, 0) is 81.8 Å². The zero-order valence-corrected chi connectivity index (χ0v) is 23.8. The fourth-order valence-electron chi connectivity index (χ4n) is 6.95. The van der Waals surface area contributed by atoms with Gasteiger partial charge in [-0.3, -0.25) is 19.1 Å². The lowest BCUT2D eigenvalue weighted by Gasteiger charge is -2.34. The first-order valence-corrected chi connectivity index (χ1v) is 14.2. The lowest BCUT2D eigenvalue weighted by Crippen LogP contribution is -2.43. The molecule has 0 aliphatic heterocycles.